The van der Waals surface area contributed by atoms with Crippen LogP contribution in [0.4, 0.5) is 0 Å². The van der Waals surface area contributed by atoms with Gasteiger partial charge in [-0.25, -0.2) is 0 Å². The molecule has 0 saturated heterocycles. The van der Waals surface area contributed by atoms with Crippen LogP contribution in [-0.4, -0.2) is 17.8 Å². The summed E-state index contributed by atoms with van der Waals surface area (Å²) in [4.78, 5) is 0. The predicted molar refractivity (Wildman–Crippen MR) is 72.6 cm³/mol. The first-order valence-electron chi connectivity index (χ1n) is 4.95. The summed E-state index contributed by atoms with van der Waals surface area (Å²) in [7, 11) is 0. The summed E-state index contributed by atoms with van der Waals surface area (Å²) in [5, 5.41) is 17.7. The molecule has 0 spiro atoms. The molecule has 0 aromatic carbocycles. The van der Waals surface area contributed by atoms with Gasteiger partial charge in [-0.2, -0.15) is 20.5 Å². The summed E-state index contributed by atoms with van der Waals surface area (Å²) in [6, 6.07) is 0. The highest BCUT2D eigenvalue weighted by atomic mass is 79.9. The molecule has 0 radical (unpaired) electrons. The molecule has 2 unspecified atom stereocenters. The topological polar surface area (TPSA) is 49.4 Å². The molecule has 2 aliphatic carbocycles. The molecule has 16 heavy (non-hydrogen) atoms. The van der Waals surface area contributed by atoms with Gasteiger partial charge in [0.25, 0.3) is 0 Å². The summed E-state index contributed by atoms with van der Waals surface area (Å²) in [5.74, 6) is 0.572. The van der Waals surface area contributed by atoms with Crippen LogP contribution < -0.4 is 0 Å². The maximum atomic E-state index is 4.42. The molecular weight excluding hydrogens is 472 g/mol. The van der Waals surface area contributed by atoms with Crippen LogP contribution >= 0.6 is 63.7 Å². The molecule has 0 bridgehead atoms. The van der Waals surface area contributed by atoms with Crippen LogP contribution in [0.15, 0.2) is 20.5 Å². The Bertz CT molecular complexity index is 391. The minimum absolute atomic E-state index is 0.286. The zero-order valence-corrected chi connectivity index (χ0v) is 14.2. The highest BCUT2D eigenvalue weighted by Gasteiger charge is 2.81. The van der Waals surface area contributed by atoms with Crippen LogP contribution in [0.1, 0.15) is 12.8 Å². The zero-order chi connectivity index (χ0) is 11.4. The predicted octanol–water partition coefficient (Wildman–Crippen LogP) is 4.32. The van der Waals surface area contributed by atoms with E-state index in [4.69, 9.17) is 0 Å². The van der Waals surface area contributed by atoms with Crippen molar-refractivity contribution < 1.29 is 0 Å². The van der Waals surface area contributed by atoms with Crippen molar-refractivity contribution in [1.29, 1.82) is 0 Å². The summed E-state index contributed by atoms with van der Waals surface area (Å²) in [6.07, 6.45) is 1.59. The molecule has 2 saturated carbocycles. The SMILES string of the molecule is Br[C@]12C[C@]3(Br)N=N[C@]4(Br)C[C@](Br)(N=N1)C2C43. The largest absolute Gasteiger partial charge is 0.174 e. The lowest BCUT2D eigenvalue weighted by Crippen LogP contribution is -2.33. The molecule has 4 nitrogen and oxygen atoms in total. The minimum atomic E-state index is -0.292. The van der Waals surface area contributed by atoms with E-state index < -0.39 is 0 Å². The normalized spacial score (nSPS) is 69.2. The Labute approximate surface area is 126 Å². The summed E-state index contributed by atoms with van der Waals surface area (Å²) >= 11 is 15.0. The van der Waals surface area contributed by atoms with Crippen LogP contribution in [0.25, 0.3) is 0 Å². The van der Waals surface area contributed by atoms with Gasteiger partial charge in [0.1, 0.15) is 17.8 Å². The second-order valence-corrected chi connectivity index (χ2v) is 10.5. The van der Waals surface area contributed by atoms with E-state index in [-0.39, 0.29) is 29.6 Å². The van der Waals surface area contributed by atoms with E-state index in [1.165, 1.54) is 0 Å². The third kappa shape index (κ3) is 0.992. The fourth-order valence-corrected chi connectivity index (χ4v) is 9.52. The van der Waals surface area contributed by atoms with Crippen molar-refractivity contribution in [3.05, 3.63) is 0 Å². The third-order valence-electron chi connectivity index (χ3n) is 4.00. The quantitative estimate of drug-likeness (QED) is 0.368. The Kier molecular flexibility index (Phi) is 1.84. The number of alkyl halides is 4. The average molecular weight is 478 g/mol. The van der Waals surface area contributed by atoms with Crippen molar-refractivity contribution in [3.8, 4) is 0 Å². The van der Waals surface area contributed by atoms with Gasteiger partial charge in [0.05, 0.1) is 0 Å². The van der Waals surface area contributed by atoms with Crippen LogP contribution in [-0.2, 0) is 0 Å². The highest BCUT2D eigenvalue weighted by molar-refractivity contribution is 9.11. The first kappa shape index (κ1) is 11.0. The molecule has 0 aromatic rings. The highest BCUT2D eigenvalue weighted by Crippen LogP contribution is 2.77. The van der Waals surface area contributed by atoms with Gasteiger partial charge >= 0.3 is 0 Å². The monoisotopic (exact) mass is 474 g/mol. The Morgan fingerprint density at radius 3 is 1.12 bits per heavy atom. The fourth-order valence-electron chi connectivity index (χ4n) is 3.56. The van der Waals surface area contributed by atoms with Gasteiger partial charge in [0, 0.05) is 24.7 Å². The Morgan fingerprint density at radius 2 is 0.875 bits per heavy atom. The van der Waals surface area contributed by atoms with E-state index in [1.807, 2.05) is 0 Å². The fraction of sp³-hybridized carbons (Fsp3) is 1.00. The van der Waals surface area contributed by atoms with Crippen molar-refractivity contribution in [2.45, 2.75) is 30.6 Å². The molecule has 0 aromatic heterocycles. The molecule has 0 N–H and O–H groups in total. The van der Waals surface area contributed by atoms with Gasteiger partial charge in [-0.15, -0.1) is 0 Å². The van der Waals surface area contributed by atoms with Gasteiger partial charge in [0.15, 0.2) is 0 Å². The van der Waals surface area contributed by atoms with Crippen LogP contribution in [0.3, 0.4) is 0 Å². The molecule has 4 rings (SSSR count). The second kappa shape index (κ2) is 2.67. The molecule has 2 heterocycles. The number of hydrogen-bond acceptors (Lipinski definition) is 4. The summed E-state index contributed by atoms with van der Waals surface area (Å²) in [6.45, 7) is 0. The lowest BCUT2D eigenvalue weighted by atomic mass is 9.93. The van der Waals surface area contributed by atoms with Crippen molar-refractivity contribution in [3.63, 3.8) is 0 Å². The number of azo groups is 2. The van der Waals surface area contributed by atoms with E-state index in [0.29, 0.717) is 0 Å². The van der Waals surface area contributed by atoms with Crippen LogP contribution in [0.5, 0.6) is 0 Å². The van der Waals surface area contributed by atoms with Gasteiger partial charge in [-0.05, 0) is 0 Å². The maximum absolute atomic E-state index is 4.42. The summed E-state index contributed by atoms with van der Waals surface area (Å²) in [5.41, 5.74) is 0. The van der Waals surface area contributed by atoms with E-state index in [0.717, 1.165) is 12.8 Å². The van der Waals surface area contributed by atoms with E-state index >= 15 is 0 Å². The Morgan fingerprint density at radius 1 is 0.625 bits per heavy atom. The van der Waals surface area contributed by atoms with E-state index in [1.54, 1.807) is 0 Å². The number of halogens is 4. The van der Waals surface area contributed by atoms with Crippen LogP contribution in [0, 0.1) is 11.8 Å². The number of hydrogen-bond donors (Lipinski definition) is 0. The minimum Gasteiger partial charge on any atom is -0.174 e. The third-order valence-corrected chi connectivity index (χ3v) is 7.73. The lowest BCUT2D eigenvalue weighted by Gasteiger charge is -2.24. The molecule has 86 valence electrons. The van der Waals surface area contributed by atoms with Gasteiger partial charge in [-0.3, -0.25) is 0 Å². The standard InChI is InChI=1S/C8H6Br4N4/c9-5-1-6(10)4-3(5)7(11,15-13-5)2-8(4,12)16-14-6/h3-4H,1-2H2/t3?,4?,5-,6+,7+,8-. The first-order valence-corrected chi connectivity index (χ1v) is 8.12. The lowest BCUT2D eigenvalue weighted by molar-refractivity contribution is 0.372. The number of rotatable bonds is 0. The van der Waals surface area contributed by atoms with Crippen LogP contribution in [0.2, 0.25) is 0 Å². The molecule has 2 fully saturated rings. The molecule has 6 atom stereocenters. The Balaban J connectivity index is 1.99. The van der Waals surface area contributed by atoms with E-state index in [2.05, 4.69) is 84.2 Å². The molecule has 8 heteroatoms. The van der Waals surface area contributed by atoms with Crippen molar-refractivity contribution in [2.75, 3.05) is 0 Å². The van der Waals surface area contributed by atoms with E-state index in [9.17, 15) is 0 Å². The average Bonchev–Trinajstić information content (AvgIpc) is 2.71. The number of nitrogens with zero attached hydrogens (tertiary/aromatic N) is 4. The first-order chi connectivity index (χ1) is 7.32. The van der Waals surface area contributed by atoms with Crippen molar-refractivity contribution in [2.24, 2.45) is 32.3 Å². The smallest absolute Gasteiger partial charge is 0.145 e. The molecule has 2 aliphatic heterocycles. The van der Waals surface area contributed by atoms with Crippen molar-refractivity contribution >= 4 is 63.7 Å². The van der Waals surface area contributed by atoms with Gasteiger partial charge in [0.2, 0.25) is 0 Å². The zero-order valence-electron chi connectivity index (χ0n) is 7.87. The van der Waals surface area contributed by atoms with Gasteiger partial charge in [-0.1, -0.05) is 63.7 Å². The molecular formula is C8H6Br4N4. The van der Waals surface area contributed by atoms with Gasteiger partial charge < -0.3 is 0 Å². The molecule has 4 aliphatic rings. The summed E-state index contributed by atoms with van der Waals surface area (Å²) < 4.78 is -1.17. The Hall–Kier alpha value is 1.12. The second-order valence-electron chi connectivity index (χ2n) is 4.98. The maximum Gasteiger partial charge on any atom is 0.145 e. The molecule has 0 amide bonds. The van der Waals surface area contributed by atoms with Crippen molar-refractivity contribution in [1.82, 2.24) is 0 Å².